The van der Waals surface area contributed by atoms with Crippen LogP contribution in [0.2, 0.25) is 0 Å². The van der Waals surface area contributed by atoms with Crippen molar-refractivity contribution in [2.75, 3.05) is 13.2 Å². The summed E-state index contributed by atoms with van der Waals surface area (Å²) >= 11 is 0. The predicted octanol–water partition coefficient (Wildman–Crippen LogP) is 1.95. The first kappa shape index (κ1) is 16.7. The third-order valence-corrected chi connectivity index (χ3v) is 2.91. The second-order valence-corrected chi connectivity index (χ2v) is 4.57. The lowest BCUT2D eigenvalue weighted by Gasteiger charge is -2.05. The molecule has 1 rings (SSSR count). The number of carbonyl (C=O) groups excluding carboxylic acids is 2. The first-order valence-electron chi connectivity index (χ1n) is 7.07. The van der Waals surface area contributed by atoms with Gasteiger partial charge in [0, 0.05) is 19.4 Å². The van der Waals surface area contributed by atoms with Crippen molar-refractivity contribution in [3.8, 4) is 6.07 Å². The first-order chi connectivity index (χ1) is 10.2. The van der Waals surface area contributed by atoms with E-state index >= 15 is 0 Å². The summed E-state index contributed by atoms with van der Waals surface area (Å²) in [5, 5.41) is 11.5. The van der Waals surface area contributed by atoms with E-state index in [-0.39, 0.29) is 11.9 Å². The first-order valence-corrected chi connectivity index (χ1v) is 7.07. The van der Waals surface area contributed by atoms with Crippen LogP contribution in [0.4, 0.5) is 0 Å². The minimum atomic E-state index is -0.232. The number of ether oxygens (including phenoxy) is 1. The maximum atomic E-state index is 11.6. The van der Waals surface area contributed by atoms with Crippen LogP contribution in [0.15, 0.2) is 24.3 Å². The Balaban J connectivity index is 2.16. The van der Waals surface area contributed by atoms with Crippen molar-refractivity contribution in [3.05, 3.63) is 35.4 Å². The molecule has 1 N–H and O–H groups in total. The molecule has 112 valence electrons. The number of aryl methyl sites for hydroxylation is 1. The lowest BCUT2D eigenvalue weighted by molar-refractivity contribution is -0.143. The Morgan fingerprint density at radius 2 is 1.95 bits per heavy atom. The summed E-state index contributed by atoms with van der Waals surface area (Å²) < 4.78 is 4.80. The summed E-state index contributed by atoms with van der Waals surface area (Å²) in [5.74, 6) is -0.271. The molecule has 0 atom stereocenters. The lowest BCUT2D eigenvalue weighted by Crippen LogP contribution is -2.25. The summed E-state index contributed by atoms with van der Waals surface area (Å²) in [7, 11) is 0. The van der Waals surface area contributed by atoms with Gasteiger partial charge in [-0.05, 0) is 37.5 Å². The van der Waals surface area contributed by atoms with Crippen LogP contribution < -0.4 is 5.32 Å². The second kappa shape index (κ2) is 9.54. The largest absolute Gasteiger partial charge is 0.466 e. The number of esters is 1. The Labute approximate surface area is 124 Å². The number of hydrogen-bond acceptors (Lipinski definition) is 4. The Morgan fingerprint density at radius 1 is 1.24 bits per heavy atom. The zero-order chi connectivity index (χ0) is 15.5. The van der Waals surface area contributed by atoms with Crippen LogP contribution in [0.1, 0.15) is 37.3 Å². The van der Waals surface area contributed by atoms with Gasteiger partial charge in [-0.25, -0.2) is 0 Å². The molecule has 0 aliphatic heterocycles. The molecule has 5 heteroatoms. The fraction of sp³-hybridized carbons (Fsp3) is 0.438. The Bertz CT molecular complexity index is 503. The molecule has 21 heavy (non-hydrogen) atoms. The van der Waals surface area contributed by atoms with E-state index in [1.807, 2.05) is 12.1 Å². The van der Waals surface area contributed by atoms with Gasteiger partial charge >= 0.3 is 5.97 Å². The lowest BCUT2D eigenvalue weighted by atomic mass is 10.1. The van der Waals surface area contributed by atoms with Crippen LogP contribution >= 0.6 is 0 Å². The molecule has 0 aliphatic rings. The van der Waals surface area contributed by atoms with E-state index in [0.717, 1.165) is 5.56 Å². The van der Waals surface area contributed by atoms with Crippen molar-refractivity contribution in [2.24, 2.45) is 0 Å². The van der Waals surface area contributed by atoms with Crippen LogP contribution in [0.3, 0.4) is 0 Å². The van der Waals surface area contributed by atoms with Crippen molar-refractivity contribution >= 4 is 11.9 Å². The summed E-state index contributed by atoms with van der Waals surface area (Å²) in [6.07, 6.45) is 1.94. The third-order valence-electron chi connectivity index (χ3n) is 2.91. The molecule has 0 aromatic heterocycles. The quantitative estimate of drug-likeness (QED) is 0.585. The molecule has 1 aromatic carbocycles. The molecule has 1 amide bonds. The molecule has 5 nitrogen and oxygen atoms in total. The van der Waals surface area contributed by atoms with Crippen molar-refractivity contribution in [1.82, 2.24) is 5.32 Å². The minimum absolute atomic E-state index is 0.0387. The highest BCUT2D eigenvalue weighted by molar-refractivity contribution is 5.76. The van der Waals surface area contributed by atoms with Crippen LogP contribution in [0, 0.1) is 11.3 Å². The SMILES string of the molecule is CCOC(=O)CCCNC(=O)CCc1ccc(C#N)cc1. The number of carbonyl (C=O) groups is 2. The molecule has 0 saturated carbocycles. The Kier molecular flexibility index (Phi) is 7.59. The molecule has 0 aliphatic carbocycles. The molecule has 0 heterocycles. The maximum Gasteiger partial charge on any atom is 0.305 e. The van der Waals surface area contributed by atoms with Gasteiger partial charge in [0.1, 0.15) is 0 Å². The predicted molar refractivity (Wildman–Crippen MR) is 78.4 cm³/mol. The normalized spacial score (nSPS) is 9.71. The topological polar surface area (TPSA) is 79.2 Å². The molecule has 0 fully saturated rings. The molecular formula is C16H20N2O3. The average molecular weight is 288 g/mol. The van der Waals surface area contributed by atoms with Gasteiger partial charge in [-0.1, -0.05) is 12.1 Å². The number of rotatable bonds is 8. The molecular weight excluding hydrogens is 268 g/mol. The molecule has 0 unspecified atom stereocenters. The molecule has 0 spiro atoms. The van der Waals surface area contributed by atoms with E-state index in [1.165, 1.54) is 0 Å². The summed E-state index contributed by atoms with van der Waals surface area (Å²) in [5.41, 5.74) is 1.64. The van der Waals surface area contributed by atoms with Crippen molar-refractivity contribution < 1.29 is 14.3 Å². The van der Waals surface area contributed by atoms with Gasteiger partial charge in [0.25, 0.3) is 0 Å². The van der Waals surface area contributed by atoms with E-state index in [9.17, 15) is 9.59 Å². The number of amides is 1. The average Bonchev–Trinajstić information content (AvgIpc) is 2.50. The fourth-order valence-corrected chi connectivity index (χ4v) is 1.79. The van der Waals surface area contributed by atoms with Gasteiger partial charge < -0.3 is 10.1 Å². The highest BCUT2D eigenvalue weighted by Crippen LogP contribution is 2.05. The number of nitriles is 1. The fourth-order valence-electron chi connectivity index (χ4n) is 1.79. The van der Waals surface area contributed by atoms with Crippen molar-refractivity contribution in [3.63, 3.8) is 0 Å². The van der Waals surface area contributed by atoms with Crippen LogP contribution in [0.25, 0.3) is 0 Å². The van der Waals surface area contributed by atoms with Gasteiger partial charge in [0.15, 0.2) is 0 Å². The zero-order valence-corrected chi connectivity index (χ0v) is 12.2. The Hall–Kier alpha value is -2.35. The number of hydrogen-bond donors (Lipinski definition) is 1. The van der Waals surface area contributed by atoms with E-state index in [1.54, 1.807) is 19.1 Å². The number of nitrogens with one attached hydrogen (secondary N) is 1. The molecule has 0 bridgehead atoms. The summed E-state index contributed by atoms with van der Waals surface area (Å²) in [6.45, 7) is 2.63. The van der Waals surface area contributed by atoms with Crippen molar-refractivity contribution in [2.45, 2.75) is 32.6 Å². The highest BCUT2D eigenvalue weighted by Gasteiger charge is 2.04. The number of nitrogens with zero attached hydrogens (tertiary/aromatic N) is 1. The van der Waals surface area contributed by atoms with Gasteiger partial charge in [-0.15, -0.1) is 0 Å². The molecule has 0 radical (unpaired) electrons. The molecule has 1 aromatic rings. The van der Waals surface area contributed by atoms with E-state index < -0.39 is 0 Å². The van der Waals surface area contributed by atoms with Gasteiger partial charge in [0.2, 0.25) is 5.91 Å². The van der Waals surface area contributed by atoms with Gasteiger partial charge in [-0.2, -0.15) is 5.26 Å². The summed E-state index contributed by atoms with van der Waals surface area (Å²) in [4.78, 5) is 22.7. The monoisotopic (exact) mass is 288 g/mol. The standard InChI is InChI=1S/C16H20N2O3/c1-2-21-16(20)4-3-11-18-15(19)10-9-13-5-7-14(12-17)8-6-13/h5-8H,2-4,9-11H2,1H3,(H,18,19). The maximum absolute atomic E-state index is 11.6. The third kappa shape index (κ3) is 7.11. The highest BCUT2D eigenvalue weighted by atomic mass is 16.5. The van der Waals surface area contributed by atoms with E-state index in [4.69, 9.17) is 10.00 Å². The van der Waals surface area contributed by atoms with Gasteiger partial charge in [0.05, 0.1) is 18.2 Å². The minimum Gasteiger partial charge on any atom is -0.466 e. The molecule has 0 saturated heterocycles. The van der Waals surface area contributed by atoms with E-state index in [0.29, 0.717) is 44.4 Å². The van der Waals surface area contributed by atoms with Gasteiger partial charge in [-0.3, -0.25) is 9.59 Å². The van der Waals surface area contributed by atoms with Crippen LogP contribution in [0.5, 0.6) is 0 Å². The van der Waals surface area contributed by atoms with Crippen LogP contribution in [-0.4, -0.2) is 25.0 Å². The van der Waals surface area contributed by atoms with Crippen LogP contribution in [-0.2, 0) is 20.7 Å². The smallest absolute Gasteiger partial charge is 0.305 e. The zero-order valence-electron chi connectivity index (χ0n) is 12.2. The Morgan fingerprint density at radius 3 is 2.57 bits per heavy atom. The van der Waals surface area contributed by atoms with E-state index in [2.05, 4.69) is 11.4 Å². The van der Waals surface area contributed by atoms with Crippen molar-refractivity contribution in [1.29, 1.82) is 5.26 Å². The second-order valence-electron chi connectivity index (χ2n) is 4.57. The summed E-state index contributed by atoms with van der Waals surface area (Å²) in [6, 6.07) is 9.25. The number of benzene rings is 1.